The van der Waals surface area contributed by atoms with Crippen LogP contribution in [0.3, 0.4) is 0 Å². The first-order valence-electron chi connectivity index (χ1n) is 21.4. The molecule has 0 saturated carbocycles. The van der Waals surface area contributed by atoms with Crippen LogP contribution in [0.25, 0.3) is 22.3 Å². The van der Waals surface area contributed by atoms with Crippen LogP contribution < -0.4 is 38.9 Å². The average molecular weight is 1080 g/mol. The van der Waals surface area contributed by atoms with Crippen molar-refractivity contribution in [1.29, 1.82) is 0 Å². The fourth-order valence-electron chi connectivity index (χ4n) is 5.98. The highest BCUT2D eigenvalue weighted by Gasteiger charge is 2.44. The zero-order valence-corrected chi connectivity index (χ0v) is 43.6. The number of fused-ring (bicyclic) bond motifs is 2. The van der Waals surface area contributed by atoms with E-state index in [0.717, 1.165) is 65.5 Å². The molecule has 5 unspecified atom stereocenters. The number of nitrogens with one attached hydrogen (secondary N) is 2. The number of H-pyrrole nitrogens is 2. The van der Waals surface area contributed by atoms with Gasteiger partial charge in [0.2, 0.25) is 0 Å². The van der Waals surface area contributed by atoms with Gasteiger partial charge in [-0.25, -0.2) is 39.5 Å². The monoisotopic (exact) mass is 1080 g/mol. The number of phosphoric ester groups is 1. The standard InChI is InChI=1S/C10H14N5O7P.C8H11N5S.2C8H12N2O2S.C5H13NS/c11-8-5-9(13-2-12-8)15(3-14-5)10-7(17)6(16)4(22-10)1-21-23(18,19)20;9-7-6-8(11-4-10-7)13(5-12-6)2-1-3-14;2*1-6-5-10(3-2-4-13)8(12)9-7(6)11;1-6(2,3)4-5-7/h2-4,6-7,10,16-17H,1H2,(H2,11,12,13)(H2,18,19,20);4-5,14H,1-3H2,(H2,9,10,11);2*5,13H,2-4H2,1H3,(H,9,11,12);4-5H2,1-3H3. The van der Waals surface area contributed by atoms with Crippen molar-refractivity contribution < 1.29 is 38.3 Å². The van der Waals surface area contributed by atoms with Gasteiger partial charge < -0.3 is 58.9 Å². The second kappa shape index (κ2) is 28.4. The van der Waals surface area contributed by atoms with Crippen molar-refractivity contribution in [3.05, 3.63) is 90.5 Å². The number of aryl methyl sites for hydroxylation is 5. The van der Waals surface area contributed by atoms with Gasteiger partial charge in [-0.3, -0.25) is 28.7 Å². The highest BCUT2D eigenvalue weighted by molar-refractivity contribution is 7.80. The zero-order valence-electron chi connectivity index (χ0n) is 39.2. The number of nitrogen functional groups attached to an aromatic ring is 2. The van der Waals surface area contributed by atoms with Gasteiger partial charge in [0.15, 0.2) is 29.2 Å². The van der Waals surface area contributed by atoms with Gasteiger partial charge in [0.05, 0.1) is 46.9 Å². The van der Waals surface area contributed by atoms with E-state index in [1.165, 1.54) is 32.7 Å². The molecule has 9 N–H and O–H groups in total. The van der Waals surface area contributed by atoms with Crippen LogP contribution >= 0.6 is 58.3 Å². The third-order valence-corrected chi connectivity index (χ3v) is 11.3. The lowest BCUT2D eigenvalue weighted by molar-refractivity contribution is -0.867. The number of aliphatic hydroxyl groups excluding tert-OH is 2. The molecule has 0 aromatic carbocycles. The summed E-state index contributed by atoms with van der Waals surface area (Å²) >= 11 is 16.3. The number of aromatic nitrogens is 12. The number of aliphatic hydroxyl groups is 2. The Morgan fingerprint density at radius 3 is 1.63 bits per heavy atom. The van der Waals surface area contributed by atoms with E-state index in [4.69, 9.17) is 21.1 Å². The van der Waals surface area contributed by atoms with Crippen LogP contribution in [0.5, 0.6) is 0 Å². The molecule has 1 saturated heterocycles. The van der Waals surface area contributed by atoms with Crippen molar-refractivity contribution in [3.8, 4) is 0 Å². The van der Waals surface area contributed by atoms with Crippen LogP contribution in [-0.4, -0.2) is 153 Å². The molecule has 0 radical (unpaired) electrons. The summed E-state index contributed by atoms with van der Waals surface area (Å²) < 4.78 is 27.5. The third-order valence-electron chi connectivity index (χ3n) is 9.65. The number of thiol groups is 4. The number of imidazole rings is 2. The molecule has 6 aromatic rings. The van der Waals surface area contributed by atoms with Gasteiger partial charge in [-0.15, -0.1) is 0 Å². The van der Waals surface area contributed by atoms with Gasteiger partial charge in [-0.05, 0) is 50.4 Å². The molecule has 1 fully saturated rings. The second-order valence-corrected chi connectivity index (χ2v) is 19.2. The predicted molar refractivity (Wildman–Crippen MR) is 275 cm³/mol. The van der Waals surface area contributed by atoms with Crippen LogP contribution in [0, 0.1) is 13.8 Å². The molecule has 0 bridgehead atoms. The number of hydrogen-bond donors (Lipinski definition) is 11. The first-order chi connectivity index (χ1) is 33.0. The number of hydrogen-bond acceptors (Lipinski definition) is 22. The van der Waals surface area contributed by atoms with E-state index in [1.807, 2.05) is 4.57 Å². The lowest BCUT2D eigenvalue weighted by Gasteiger charge is -2.22. The maximum absolute atomic E-state index is 11.2. The molecule has 7 heterocycles. The van der Waals surface area contributed by atoms with E-state index >= 15 is 0 Å². The number of nitrogens with two attached hydrogens (primary N) is 2. The molecule has 1 aliphatic rings. The van der Waals surface area contributed by atoms with Crippen molar-refractivity contribution in [2.75, 3.05) is 68.8 Å². The van der Waals surface area contributed by atoms with Crippen LogP contribution in [0.15, 0.2) is 56.9 Å². The molecule has 31 heteroatoms. The van der Waals surface area contributed by atoms with E-state index in [-0.39, 0.29) is 39.5 Å². The number of ether oxygens (including phenoxy) is 1. The van der Waals surface area contributed by atoms with Gasteiger partial charge in [-0.2, -0.15) is 50.5 Å². The van der Waals surface area contributed by atoms with Crippen LogP contribution in [0.1, 0.15) is 36.6 Å². The first-order valence-corrected chi connectivity index (χ1v) is 25.4. The Morgan fingerprint density at radius 1 is 0.729 bits per heavy atom. The molecule has 0 spiro atoms. The number of anilines is 2. The Kier molecular flexibility index (Phi) is 24.3. The number of rotatable bonds is 15. The summed E-state index contributed by atoms with van der Waals surface area (Å²) in [6, 6.07) is 0. The predicted octanol–water partition coefficient (Wildman–Crippen LogP) is -0.814. The zero-order chi connectivity index (χ0) is 52.3. The number of quaternary nitrogens is 1. The Labute approximate surface area is 423 Å². The molecule has 1 aliphatic heterocycles. The van der Waals surface area contributed by atoms with Gasteiger partial charge in [-0.1, -0.05) is 0 Å². The molecular formula is C39H62N15O11PS4. The summed E-state index contributed by atoms with van der Waals surface area (Å²) in [4.78, 5) is 92.0. The smallest absolute Gasteiger partial charge is 0.328 e. The van der Waals surface area contributed by atoms with Crippen molar-refractivity contribution in [1.82, 2.24) is 58.1 Å². The molecule has 0 amide bonds. The van der Waals surface area contributed by atoms with E-state index in [0.29, 0.717) is 35.6 Å². The second-order valence-electron chi connectivity index (χ2n) is 16.3. The van der Waals surface area contributed by atoms with Crippen LogP contribution in [-0.2, 0) is 33.5 Å². The number of phosphoric acid groups is 1. The van der Waals surface area contributed by atoms with Crippen molar-refractivity contribution in [2.24, 2.45) is 0 Å². The maximum atomic E-state index is 11.2. The molecular weight excluding hydrogens is 1010 g/mol. The lowest BCUT2D eigenvalue weighted by atomic mass is 10.1. The molecule has 0 aliphatic carbocycles. The largest absolute Gasteiger partial charge is 0.756 e. The summed E-state index contributed by atoms with van der Waals surface area (Å²) in [7, 11) is 1.52. The van der Waals surface area contributed by atoms with Crippen molar-refractivity contribution in [2.45, 2.75) is 77.3 Å². The SMILES string of the molecule is C[N+](C)(C)CCS.Cc1cn(CCCS)c(=O)[nH]c1=O.Cc1cn(CCCS)c(=O)[nH]c1=O.Nc1ncnc2c1ncn2C1OC(COP(=O)([O-])O)C(O)C1O.Nc1ncnc2c1ncn2CCCS. The minimum atomic E-state index is -4.97. The molecule has 6 aromatic heterocycles. The number of aromatic amines is 2. The van der Waals surface area contributed by atoms with E-state index in [9.17, 15) is 38.8 Å². The van der Waals surface area contributed by atoms with Crippen molar-refractivity contribution >= 4 is 92.3 Å². The molecule has 70 heavy (non-hydrogen) atoms. The van der Waals surface area contributed by atoms with Gasteiger partial charge in [0.25, 0.3) is 18.9 Å². The molecule has 26 nitrogen and oxygen atoms in total. The maximum Gasteiger partial charge on any atom is 0.328 e. The summed E-state index contributed by atoms with van der Waals surface area (Å²) in [6.45, 7) is 5.89. The number of nitrogens with zero attached hydrogens (tertiary/aromatic N) is 11. The van der Waals surface area contributed by atoms with E-state index < -0.39 is 39.0 Å². The Morgan fingerprint density at radius 2 is 1.19 bits per heavy atom. The molecule has 388 valence electrons. The van der Waals surface area contributed by atoms with Gasteiger partial charge in [0.1, 0.15) is 42.0 Å². The normalized spacial score (nSPS) is 17.3. The fourth-order valence-corrected chi connectivity index (χ4v) is 7.33. The molecule has 7 rings (SSSR count). The van der Waals surface area contributed by atoms with Gasteiger partial charge in [0, 0.05) is 48.9 Å². The highest BCUT2D eigenvalue weighted by Crippen LogP contribution is 2.36. The van der Waals surface area contributed by atoms with E-state index in [1.54, 1.807) is 32.6 Å². The Hall–Kier alpha value is -4.59. The Bertz CT molecular complexity index is 2790. The van der Waals surface area contributed by atoms with Gasteiger partial charge >= 0.3 is 11.4 Å². The quantitative estimate of drug-likeness (QED) is 0.0340. The summed E-state index contributed by atoms with van der Waals surface area (Å²) in [5.41, 5.74) is 13.1. The lowest BCUT2D eigenvalue weighted by Crippen LogP contribution is -2.36. The van der Waals surface area contributed by atoms with Crippen molar-refractivity contribution in [3.63, 3.8) is 0 Å². The fraction of sp³-hybridized carbons (Fsp3) is 0.538. The minimum absolute atomic E-state index is 0.134. The minimum Gasteiger partial charge on any atom is -0.756 e. The average Bonchev–Trinajstić information content (AvgIpc) is 4.00. The van der Waals surface area contributed by atoms with Crippen LogP contribution in [0.4, 0.5) is 11.6 Å². The first kappa shape index (κ1) is 59.7. The summed E-state index contributed by atoms with van der Waals surface area (Å²) in [6.07, 6.45) is 6.33. The molecule has 5 atom stereocenters. The summed E-state index contributed by atoms with van der Waals surface area (Å²) in [5, 5.41) is 20.0. The topological polar surface area (TPSA) is 368 Å². The van der Waals surface area contributed by atoms with E-state index in [2.05, 4.69) is 116 Å². The van der Waals surface area contributed by atoms with Crippen LogP contribution in [0.2, 0.25) is 0 Å². The highest BCUT2D eigenvalue weighted by atomic mass is 32.1. The summed E-state index contributed by atoms with van der Waals surface area (Å²) in [5.74, 6) is 3.84. The third kappa shape index (κ3) is 18.5. The Balaban J connectivity index is 0.000000243.